The van der Waals surface area contributed by atoms with Crippen molar-refractivity contribution >= 4 is 17.4 Å². The van der Waals surface area contributed by atoms with E-state index in [2.05, 4.69) is 31.2 Å². The molecule has 0 spiro atoms. The van der Waals surface area contributed by atoms with Crippen LogP contribution < -0.4 is 15.2 Å². The molecule has 0 radical (unpaired) electrons. The third-order valence-electron chi connectivity index (χ3n) is 2.92. The minimum absolute atomic E-state index is 0.590. The molecule has 0 unspecified atom stereocenters. The van der Waals surface area contributed by atoms with Crippen molar-refractivity contribution in [2.45, 2.75) is 30.6 Å². The molecule has 0 aliphatic heterocycles. The molecule has 0 fully saturated rings. The first-order valence-electron chi connectivity index (χ1n) is 7.07. The van der Waals surface area contributed by atoms with Gasteiger partial charge in [0.15, 0.2) is 0 Å². The van der Waals surface area contributed by atoms with Crippen molar-refractivity contribution in [2.75, 3.05) is 18.9 Å². The highest BCUT2D eigenvalue weighted by Crippen LogP contribution is 2.40. The second kappa shape index (κ2) is 7.27. The Morgan fingerprint density at radius 2 is 1.57 bits per heavy atom. The minimum Gasteiger partial charge on any atom is -0.493 e. The summed E-state index contributed by atoms with van der Waals surface area (Å²) in [6, 6.07) is 12.2. The Morgan fingerprint density at radius 1 is 0.952 bits per heavy atom. The smallest absolute Gasteiger partial charge is 0.143 e. The molecule has 4 heteroatoms. The van der Waals surface area contributed by atoms with Gasteiger partial charge in [-0.1, -0.05) is 29.5 Å². The molecule has 2 aromatic rings. The molecule has 2 N–H and O–H groups in total. The fourth-order valence-corrected chi connectivity index (χ4v) is 2.83. The van der Waals surface area contributed by atoms with Crippen molar-refractivity contribution in [1.82, 2.24) is 0 Å². The number of anilines is 1. The van der Waals surface area contributed by atoms with Gasteiger partial charge >= 0.3 is 0 Å². The molecule has 0 aliphatic rings. The van der Waals surface area contributed by atoms with Gasteiger partial charge in [0.1, 0.15) is 11.5 Å². The summed E-state index contributed by atoms with van der Waals surface area (Å²) in [4.78, 5) is 2.17. The van der Waals surface area contributed by atoms with Crippen LogP contribution in [0.1, 0.15) is 19.4 Å². The van der Waals surface area contributed by atoms with Gasteiger partial charge in [0, 0.05) is 11.0 Å². The number of benzene rings is 2. The lowest BCUT2D eigenvalue weighted by Gasteiger charge is -2.14. The van der Waals surface area contributed by atoms with Gasteiger partial charge in [0.25, 0.3) is 0 Å². The fraction of sp³-hybridized carbons (Fsp3) is 0.294. The third-order valence-corrected chi connectivity index (χ3v) is 3.97. The first-order chi connectivity index (χ1) is 10.1. The molecule has 112 valence electrons. The van der Waals surface area contributed by atoms with E-state index in [-0.39, 0.29) is 0 Å². The van der Waals surface area contributed by atoms with Crippen molar-refractivity contribution in [3.63, 3.8) is 0 Å². The molecule has 0 amide bonds. The van der Waals surface area contributed by atoms with Crippen molar-refractivity contribution < 1.29 is 9.47 Å². The van der Waals surface area contributed by atoms with Crippen LogP contribution in [0, 0.1) is 6.92 Å². The SMILES string of the molecule is CCOc1cc(Sc2ccc(C)cc2)c(OCC)cc1N. The zero-order valence-corrected chi connectivity index (χ0v) is 13.5. The monoisotopic (exact) mass is 303 g/mol. The Hall–Kier alpha value is -1.81. The van der Waals surface area contributed by atoms with E-state index in [1.165, 1.54) is 5.56 Å². The molecule has 21 heavy (non-hydrogen) atoms. The second-order valence-corrected chi connectivity index (χ2v) is 5.73. The maximum Gasteiger partial charge on any atom is 0.143 e. The third kappa shape index (κ3) is 4.08. The molecule has 0 saturated heterocycles. The number of nitrogens with two attached hydrogens (primary N) is 1. The summed E-state index contributed by atoms with van der Waals surface area (Å²) in [5.74, 6) is 1.50. The summed E-state index contributed by atoms with van der Waals surface area (Å²) in [7, 11) is 0. The average Bonchev–Trinajstić information content (AvgIpc) is 2.46. The zero-order chi connectivity index (χ0) is 15.2. The first-order valence-corrected chi connectivity index (χ1v) is 7.89. The molecule has 0 aliphatic carbocycles. The largest absolute Gasteiger partial charge is 0.493 e. The Kier molecular flexibility index (Phi) is 5.39. The number of hydrogen-bond acceptors (Lipinski definition) is 4. The number of nitrogen functional groups attached to an aromatic ring is 1. The van der Waals surface area contributed by atoms with E-state index in [1.807, 2.05) is 26.0 Å². The van der Waals surface area contributed by atoms with E-state index in [9.17, 15) is 0 Å². The predicted octanol–water partition coefficient (Wildman–Crippen LogP) is 4.53. The summed E-state index contributed by atoms with van der Waals surface area (Å²) in [5.41, 5.74) is 7.86. The van der Waals surface area contributed by atoms with Gasteiger partial charge in [-0.15, -0.1) is 0 Å². The number of rotatable bonds is 6. The molecule has 0 saturated carbocycles. The molecule has 0 bridgehead atoms. The molecule has 3 nitrogen and oxygen atoms in total. The normalized spacial score (nSPS) is 10.4. The van der Waals surface area contributed by atoms with E-state index in [4.69, 9.17) is 15.2 Å². The van der Waals surface area contributed by atoms with Crippen LogP contribution in [0.2, 0.25) is 0 Å². The van der Waals surface area contributed by atoms with Crippen molar-refractivity contribution in [3.05, 3.63) is 42.0 Å². The lowest BCUT2D eigenvalue weighted by Crippen LogP contribution is -2.00. The Morgan fingerprint density at radius 3 is 2.19 bits per heavy atom. The second-order valence-electron chi connectivity index (χ2n) is 4.62. The summed E-state index contributed by atoms with van der Waals surface area (Å²) < 4.78 is 11.3. The van der Waals surface area contributed by atoms with Crippen LogP contribution >= 0.6 is 11.8 Å². The Balaban J connectivity index is 2.34. The topological polar surface area (TPSA) is 44.5 Å². The van der Waals surface area contributed by atoms with E-state index in [1.54, 1.807) is 11.8 Å². The standard InChI is InChI=1S/C17H21NO2S/c1-4-19-15-11-17(16(20-5-2)10-14(15)18)21-13-8-6-12(3)7-9-13/h6-11H,4-5,18H2,1-3H3. The van der Waals surface area contributed by atoms with Crippen molar-refractivity contribution in [3.8, 4) is 11.5 Å². The van der Waals surface area contributed by atoms with Gasteiger partial charge in [0.05, 0.1) is 23.8 Å². The fourth-order valence-electron chi connectivity index (χ4n) is 1.92. The Labute approximate surface area is 130 Å². The lowest BCUT2D eigenvalue weighted by molar-refractivity contribution is 0.325. The van der Waals surface area contributed by atoms with E-state index >= 15 is 0 Å². The van der Waals surface area contributed by atoms with Gasteiger partial charge in [-0.25, -0.2) is 0 Å². The lowest BCUT2D eigenvalue weighted by atomic mass is 10.2. The van der Waals surface area contributed by atoms with Crippen LogP contribution in [-0.2, 0) is 0 Å². The van der Waals surface area contributed by atoms with E-state index < -0.39 is 0 Å². The molecule has 0 atom stereocenters. The van der Waals surface area contributed by atoms with Crippen LogP contribution in [0.25, 0.3) is 0 Å². The molecule has 0 heterocycles. The summed E-state index contributed by atoms with van der Waals surface area (Å²) in [6.45, 7) is 7.19. The molecular weight excluding hydrogens is 282 g/mol. The summed E-state index contributed by atoms with van der Waals surface area (Å²) in [5, 5.41) is 0. The number of aryl methyl sites for hydroxylation is 1. The number of ether oxygens (including phenoxy) is 2. The highest BCUT2D eigenvalue weighted by Gasteiger charge is 2.11. The Bertz CT molecular complexity index is 596. The van der Waals surface area contributed by atoms with Crippen LogP contribution in [0.5, 0.6) is 11.5 Å². The minimum atomic E-state index is 0.590. The molecule has 2 rings (SSSR count). The van der Waals surface area contributed by atoms with Crippen LogP contribution in [0.3, 0.4) is 0 Å². The van der Waals surface area contributed by atoms with Crippen LogP contribution in [0.4, 0.5) is 5.69 Å². The van der Waals surface area contributed by atoms with Crippen LogP contribution in [-0.4, -0.2) is 13.2 Å². The van der Waals surface area contributed by atoms with Gasteiger partial charge < -0.3 is 15.2 Å². The molecule has 0 aromatic heterocycles. The summed E-state index contributed by atoms with van der Waals surface area (Å²) >= 11 is 1.65. The summed E-state index contributed by atoms with van der Waals surface area (Å²) in [6.07, 6.45) is 0. The predicted molar refractivity (Wildman–Crippen MR) is 88.5 cm³/mol. The maximum absolute atomic E-state index is 6.01. The van der Waals surface area contributed by atoms with Gasteiger partial charge in [-0.05, 0) is 39.0 Å². The maximum atomic E-state index is 6.01. The molecular formula is C17H21NO2S. The van der Waals surface area contributed by atoms with Gasteiger partial charge in [-0.2, -0.15) is 0 Å². The van der Waals surface area contributed by atoms with E-state index in [0.717, 1.165) is 15.5 Å². The van der Waals surface area contributed by atoms with Gasteiger partial charge in [0.2, 0.25) is 0 Å². The van der Waals surface area contributed by atoms with Crippen LogP contribution in [0.15, 0.2) is 46.2 Å². The average molecular weight is 303 g/mol. The highest BCUT2D eigenvalue weighted by molar-refractivity contribution is 7.99. The highest BCUT2D eigenvalue weighted by atomic mass is 32.2. The molecule has 2 aromatic carbocycles. The van der Waals surface area contributed by atoms with Crippen molar-refractivity contribution in [2.24, 2.45) is 0 Å². The number of hydrogen-bond donors (Lipinski definition) is 1. The van der Waals surface area contributed by atoms with E-state index in [0.29, 0.717) is 24.7 Å². The first kappa shape index (κ1) is 15.6. The quantitative estimate of drug-likeness (QED) is 0.797. The van der Waals surface area contributed by atoms with Gasteiger partial charge in [-0.3, -0.25) is 0 Å². The van der Waals surface area contributed by atoms with Crippen molar-refractivity contribution in [1.29, 1.82) is 0 Å². The zero-order valence-electron chi connectivity index (χ0n) is 12.7.